The van der Waals surface area contributed by atoms with Crippen LogP contribution in [0.3, 0.4) is 0 Å². The number of likely N-dealkylation sites (tertiary alicyclic amines) is 1. The highest BCUT2D eigenvalue weighted by atomic mass is 19.1. The Balaban J connectivity index is 1.69. The van der Waals surface area contributed by atoms with E-state index in [1.807, 2.05) is 6.07 Å². The Morgan fingerprint density at radius 2 is 1.92 bits per heavy atom. The van der Waals surface area contributed by atoms with Gasteiger partial charge in [-0.05, 0) is 55.5 Å². The van der Waals surface area contributed by atoms with Crippen molar-refractivity contribution in [3.05, 3.63) is 58.7 Å². The minimum atomic E-state index is -1.13. The molecule has 1 aromatic carbocycles. The number of methoxy groups -OCH3 is 1. The third kappa shape index (κ3) is 3.53. The number of hydrogen-bond acceptors (Lipinski definition) is 4. The van der Waals surface area contributed by atoms with Crippen molar-refractivity contribution in [2.24, 2.45) is 0 Å². The molecule has 1 N–H and O–H groups in total. The summed E-state index contributed by atoms with van der Waals surface area (Å²) in [4.78, 5) is 5.97. The van der Waals surface area contributed by atoms with Gasteiger partial charge in [0.2, 0.25) is 5.95 Å². The minimum absolute atomic E-state index is 0.311. The molecule has 0 unspecified atom stereocenters. The SMILES string of the molecule is COc1ccc(CN2CCC(O)(c3cccnc3F)CC2)c(C)c1C. The average Bonchev–Trinajstić information content (AvgIpc) is 2.61. The van der Waals surface area contributed by atoms with Crippen molar-refractivity contribution in [3.63, 3.8) is 0 Å². The summed E-state index contributed by atoms with van der Waals surface area (Å²) in [6.45, 7) is 6.43. The molecule has 0 atom stereocenters. The van der Waals surface area contributed by atoms with E-state index in [1.165, 1.54) is 17.3 Å². The second kappa shape index (κ2) is 7.10. The normalized spacial score (nSPS) is 17.5. The number of aliphatic hydroxyl groups is 1. The van der Waals surface area contributed by atoms with E-state index in [0.717, 1.165) is 30.9 Å². The highest BCUT2D eigenvalue weighted by Crippen LogP contribution is 2.34. The molecule has 1 fully saturated rings. The van der Waals surface area contributed by atoms with Crippen LogP contribution in [-0.4, -0.2) is 35.2 Å². The smallest absolute Gasteiger partial charge is 0.218 e. The summed E-state index contributed by atoms with van der Waals surface area (Å²) in [5.74, 6) is 0.335. The standard InChI is InChI=1S/C20H25FN2O2/c1-14-15(2)18(25-3)7-6-16(14)13-23-11-8-20(24,9-12-23)17-5-4-10-22-19(17)21/h4-7,10,24H,8-9,11-13H2,1-3H3. The van der Waals surface area contributed by atoms with Crippen molar-refractivity contribution in [1.82, 2.24) is 9.88 Å². The van der Waals surface area contributed by atoms with Crippen LogP contribution in [0, 0.1) is 19.8 Å². The molecule has 5 heteroatoms. The molecule has 25 heavy (non-hydrogen) atoms. The lowest BCUT2D eigenvalue weighted by Crippen LogP contribution is -2.42. The predicted octanol–water partition coefficient (Wildman–Crippen LogP) is 3.33. The number of halogens is 1. The fourth-order valence-electron chi connectivity index (χ4n) is 3.57. The summed E-state index contributed by atoms with van der Waals surface area (Å²) in [5, 5.41) is 10.9. The Bertz CT molecular complexity index is 755. The molecular weight excluding hydrogens is 319 g/mol. The highest BCUT2D eigenvalue weighted by Gasteiger charge is 2.36. The lowest BCUT2D eigenvalue weighted by molar-refractivity contribution is -0.0308. The van der Waals surface area contributed by atoms with Gasteiger partial charge in [-0.15, -0.1) is 0 Å². The van der Waals surface area contributed by atoms with Gasteiger partial charge in [0.1, 0.15) is 5.75 Å². The van der Waals surface area contributed by atoms with E-state index in [4.69, 9.17) is 4.74 Å². The molecular formula is C20H25FN2O2. The Hall–Kier alpha value is -1.98. The van der Waals surface area contributed by atoms with E-state index in [1.54, 1.807) is 19.2 Å². The third-order valence-corrected chi connectivity index (χ3v) is 5.41. The quantitative estimate of drug-likeness (QED) is 0.864. The summed E-state index contributed by atoms with van der Waals surface area (Å²) < 4.78 is 19.3. The van der Waals surface area contributed by atoms with Crippen molar-refractivity contribution in [3.8, 4) is 5.75 Å². The zero-order valence-electron chi connectivity index (χ0n) is 15.1. The van der Waals surface area contributed by atoms with E-state index in [0.29, 0.717) is 18.4 Å². The first kappa shape index (κ1) is 17.8. The van der Waals surface area contributed by atoms with Crippen molar-refractivity contribution in [1.29, 1.82) is 0 Å². The van der Waals surface area contributed by atoms with Crippen molar-refractivity contribution in [2.75, 3.05) is 20.2 Å². The van der Waals surface area contributed by atoms with Crippen LogP contribution in [0.1, 0.15) is 35.1 Å². The summed E-state index contributed by atoms with van der Waals surface area (Å²) in [7, 11) is 1.69. The van der Waals surface area contributed by atoms with Crippen LogP contribution in [0.5, 0.6) is 5.75 Å². The molecule has 0 saturated carbocycles. The molecule has 1 aliphatic rings. The number of piperidine rings is 1. The molecule has 0 spiro atoms. The van der Waals surface area contributed by atoms with E-state index in [2.05, 4.69) is 29.8 Å². The number of nitrogens with zero attached hydrogens (tertiary/aromatic N) is 2. The van der Waals surface area contributed by atoms with Gasteiger partial charge in [0.15, 0.2) is 0 Å². The van der Waals surface area contributed by atoms with Crippen LogP contribution in [0.25, 0.3) is 0 Å². The van der Waals surface area contributed by atoms with Gasteiger partial charge in [-0.2, -0.15) is 4.39 Å². The zero-order valence-corrected chi connectivity index (χ0v) is 15.1. The maximum absolute atomic E-state index is 13.9. The highest BCUT2D eigenvalue weighted by molar-refractivity contribution is 5.43. The van der Waals surface area contributed by atoms with E-state index in [9.17, 15) is 9.50 Å². The molecule has 0 radical (unpaired) electrons. The molecule has 134 valence electrons. The number of aromatic nitrogens is 1. The van der Waals surface area contributed by atoms with E-state index < -0.39 is 11.5 Å². The zero-order chi connectivity index (χ0) is 18.0. The van der Waals surface area contributed by atoms with Crippen LogP contribution >= 0.6 is 0 Å². The van der Waals surface area contributed by atoms with Gasteiger partial charge < -0.3 is 9.84 Å². The summed E-state index contributed by atoms with van der Waals surface area (Å²) in [5.41, 5.74) is 2.84. The third-order valence-electron chi connectivity index (χ3n) is 5.41. The van der Waals surface area contributed by atoms with Gasteiger partial charge >= 0.3 is 0 Å². The lowest BCUT2D eigenvalue weighted by Gasteiger charge is -2.38. The van der Waals surface area contributed by atoms with Crippen LogP contribution in [-0.2, 0) is 12.1 Å². The number of pyridine rings is 1. The first-order chi connectivity index (χ1) is 11.9. The Kier molecular flexibility index (Phi) is 5.06. The van der Waals surface area contributed by atoms with E-state index >= 15 is 0 Å². The molecule has 3 rings (SSSR count). The topological polar surface area (TPSA) is 45.6 Å². The molecule has 2 aromatic rings. The summed E-state index contributed by atoms with van der Waals surface area (Å²) in [6, 6.07) is 7.41. The van der Waals surface area contributed by atoms with Crippen molar-refractivity contribution < 1.29 is 14.2 Å². The molecule has 1 saturated heterocycles. The number of rotatable bonds is 4. The lowest BCUT2D eigenvalue weighted by atomic mass is 9.85. The predicted molar refractivity (Wildman–Crippen MR) is 95.1 cm³/mol. The molecule has 0 bridgehead atoms. The minimum Gasteiger partial charge on any atom is -0.496 e. The van der Waals surface area contributed by atoms with Crippen LogP contribution in [0.4, 0.5) is 4.39 Å². The molecule has 1 aliphatic heterocycles. The van der Waals surface area contributed by atoms with Gasteiger partial charge in [-0.3, -0.25) is 4.90 Å². The largest absolute Gasteiger partial charge is 0.496 e. The number of ether oxygens (including phenoxy) is 1. The van der Waals surface area contributed by atoms with Crippen LogP contribution in [0.2, 0.25) is 0 Å². The molecule has 2 heterocycles. The second-order valence-corrected chi connectivity index (χ2v) is 6.83. The fourth-order valence-corrected chi connectivity index (χ4v) is 3.57. The molecule has 0 amide bonds. The Morgan fingerprint density at radius 1 is 1.20 bits per heavy atom. The maximum atomic E-state index is 13.9. The van der Waals surface area contributed by atoms with Gasteiger partial charge in [-0.25, -0.2) is 4.98 Å². The van der Waals surface area contributed by atoms with Gasteiger partial charge in [-0.1, -0.05) is 12.1 Å². The van der Waals surface area contributed by atoms with E-state index in [-0.39, 0.29) is 0 Å². The maximum Gasteiger partial charge on any atom is 0.218 e. The molecule has 0 aliphatic carbocycles. The number of benzene rings is 1. The first-order valence-corrected chi connectivity index (χ1v) is 8.63. The molecule has 4 nitrogen and oxygen atoms in total. The number of hydrogen-bond donors (Lipinski definition) is 1. The van der Waals surface area contributed by atoms with Crippen molar-refractivity contribution in [2.45, 2.75) is 38.8 Å². The Morgan fingerprint density at radius 3 is 2.56 bits per heavy atom. The summed E-state index contributed by atoms with van der Waals surface area (Å²) in [6.07, 6.45) is 2.42. The average molecular weight is 344 g/mol. The van der Waals surface area contributed by atoms with Crippen molar-refractivity contribution >= 4 is 0 Å². The molecule has 1 aromatic heterocycles. The first-order valence-electron chi connectivity index (χ1n) is 8.63. The van der Waals surface area contributed by atoms with Crippen LogP contribution < -0.4 is 4.74 Å². The monoisotopic (exact) mass is 344 g/mol. The second-order valence-electron chi connectivity index (χ2n) is 6.83. The fraction of sp³-hybridized carbons (Fsp3) is 0.450. The summed E-state index contributed by atoms with van der Waals surface area (Å²) >= 11 is 0. The van der Waals surface area contributed by atoms with Gasteiger partial charge in [0.25, 0.3) is 0 Å². The Labute approximate surface area is 148 Å². The van der Waals surface area contributed by atoms with Gasteiger partial charge in [0, 0.05) is 31.4 Å². The van der Waals surface area contributed by atoms with Gasteiger partial charge in [0.05, 0.1) is 12.7 Å². The van der Waals surface area contributed by atoms with Crippen LogP contribution in [0.15, 0.2) is 30.5 Å².